The van der Waals surface area contributed by atoms with Crippen LogP contribution in [0.2, 0.25) is 0 Å². The second-order valence-corrected chi connectivity index (χ2v) is 11.9. The van der Waals surface area contributed by atoms with Crippen molar-refractivity contribution in [2.75, 3.05) is 12.5 Å². The maximum Gasteiger partial charge on any atom is 0.198 e. The van der Waals surface area contributed by atoms with Crippen molar-refractivity contribution in [3.05, 3.63) is 76.7 Å². The van der Waals surface area contributed by atoms with E-state index in [1.54, 1.807) is 24.3 Å². The van der Waals surface area contributed by atoms with Gasteiger partial charge in [0, 0.05) is 24.0 Å². The number of nitrogens with zero attached hydrogens (tertiary/aromatic N) is 1. The summed E-state index contributed by atoms with van der Waals surface area (Å²) in [6, 6.07) is 11.0. The van der Waals surface area contributed by atoms with Crippen LogP contribution in [-0.2, 0) is 26.1 Å². The number of carbonyl (C=O) groups is 1. The molecule has 1 aliphatic rings. The van der Waals surface area contributed by atoms with Gasteiger partial charge in [-0.25, -0.2) is 16.8 Å². The summed E-state index contributed by atoms with van der Waals surface area (Å²) in [5.41, 5.74) is 1.90. The smallest absolute Gasteiger partial charge is 0.198 e. The van der Waals surface area contributed by atoms with Crippen molar-refractivity contribution >= 4 is 25.5 Å². The van der Waals surface area contributed by atoms with E-state index in [2.05, 4.69) is 5.16 Å². The van der Waals surface area contributed by atoms with Crippen LogP contribution in [0.3, 0.4) is 0 Å². The Balaban J connectivity index is 1.76. The van der Waals surface area contributed by atoms with Crippen molar-refractivity contribution < 1.29 is 26.2 Å². The summed E-state index contributed by atoms with van der Waals surface area (Å²) in [6.07, 6.45) is 5.56. The molecule has 0 bridgehead atoms. The Labute approximate surface area is 180 Å². The summed E-state index contributed by atoms with van der Waals surface area (Å²) in [7, 11) is -7.27. The number of carbonyl (C=O) groups excluding carboxylic acids is 1. The molecule has 9 heteroatoms. The maximum absolute atomic E-state index is 13.2. The van der Waals surface area contributed by atoms with Crippen molar-refractivity contribution in [1.29, 1.82) is 0 Å². The van der Waals surface area contributed by atoms with Crippen LogP contribution in [0.25, 0.3) is 0 Å². The highest BCUT2D eigenvalue weighted by atomic mass is 32.2. The minimum absolute atomic E-state index is 0.0682. The van der Waals surface area contributed by atoms with Crippen LogP contribution in [0.5, 0.6) is 0 Å². The lowest BCUT2D eigenvalue weighted by atomic mass is 9.94. The molecule has 0 saturated heterocycles. The molecule has 1 heterocycles. The zero-order valence-corrected chi connectivity index (χ0v) is 18.7. The number of hydrogen-bond donors (Lipinski definition) is 0. The van der Waals surface area contributed by atoms with Crippen molar-refractivity contribution in [3.8, 4) is 0 Å². The van der Waals surface area contributed by atoms with Gasteiger partial charge >= 0.3 is 0 Å². The van der Waals surface area contributed by atoms with Gasteiger partial charge in [0.15, 0.2) is 31.2 Å². The van der Waals surface area contributed by atoms with E-state index in [1.807, 2.05) is 0 Å². The molecule has 0 atom stereocenters. The largest absolute Gasteiger partial charge is 0.360 e. The lowest BCUT2D eigenvalue weighted by molar-refractivity contribution is 0.103. The third kappa shape index (κ3) is 4.47. The topological polar surface area (TPSA) is 111 Å². The fourth-order valence-corrected chi connectivity index (χ4v) is 5.24. The molecule has 0 radical (unpaired) electrons. The van der Waals surface area contributed by atoms with Crippen LogP contribution in [0.1, 0.15) is 51.6 Å². The fraction of sp³-hybridized carbons (Fsp3) is 0.273. The Bertz CT molecular complexity index is 1380. The van der Waals surface area contributed by atoms with E-state index in [4.69, 9.17) is 4.52 Å². The van der Waals surface area contributed by atoms with Gasteiger partial charge in [-0.2, -0.15) is 0 Å². The van der Waals surface area contributed by atoms with Gasteiger partial charge < -0.3 is 4.52 Å². The summed E-state index contributed by atoms with van der Waals surface area (Å²) in [5.74, 6) is 0.579. The first-order valence-electron chi connectivity index (χ1n) is 9.66. The highest BCUT2D eigenvalue weighted by Gasteiger charge is 2.33. The highest BCUT2D eigenvalue weighted by Crippen LogP contribution is 2.42. The number of rotatable bonds is 7. The third-order valence-corrected chi connectivity index (χ3v) is 7.59. The molecule has 2 aromatic carbocycles. The standard InChI is InChI=1S/C22H21NO6S2/c1-30(25,26)17-10-9-16(20(12-17)31(2,27)28)11-15-5-3-4-6-18(15)21(24)19-13-23-29-22(19)14-7-8-14/h3-6,9-10,12-14H,7-8,11H2,1-2H3. The van der Waals surface area contributed by atoms with E-state index < -0.39 is 19.7 Å². The molecule has 0 spiro atoms. The predicted molar refractivity (Wildman–Crippen MR) is 114 cm³/mol. The first-order chi connectivity index (χ1) is 14.6. The van der Waals surface area contributed by atoms with E-state index >= 15 is 0 Å². The van der Waals surface area contributed by atoms with Gasteiger partial charge in [0.1, 0.15) is 0 Å². The van der Waals surface area contributed by atoms with Gasteiger partial charge in [-0.1, -0.05) is 35.5 Å². The molecule has 0 N–H and O–H groups in total. The molecule has 1 saturated carbocycles. The lowest BCUT2D eigenvalue weighted by Crippen LogP contribution is -2.10. The molecule has 4 rings (SSSR count). The van der Waals surface area contributed by atoms with Crippen molar-refractivity contribution in [2.45, 2.75) is 35.0 Å². The number of ketones is 1. The Morgan fingerprint density at radius 3 is 2.32 bits per heavy atom. The summed E-state index contributed by atoms with van der Waals surface area (Å²) in [4.78, 5) is 13.1. The first kappa shape index (κ1) is 21.5. The summed E-state index contributed by atoms with van der Waals surface area (Å²) >= 11 is 0. The Kier molecular flexibility index (Phi) is 5.35. The number of aromatic nitrogens is 1. The zero-order chi connectivity index (χ0) is 22.4. The molecule has 3 aromatic rings. The molecule has 1 fully saturated rings. The Morgan fingerprint density at radius 1 is 0.968 bits per heavy atom. The minimum Gasteiger partial charge on any atom is -0.360 e. The Morgan fingerprint density at radius 2 is 1.68 bits per heavy atom. The monoisotopic (exact) mass is 459 g/mol. The van der Waals surface area contributed by atoms with Crippen molar-refractivity contribution in [2.24, 2.45) is 0 Å². The molecule has 7 nitrogen and oxygen atoms in total. The highest BCUT2D eigenvalue weighted by molar-refractivity contribution is 7.91. The summed E-state index contributed by atoms with van der Waals surface area (Å²) < 4.78 is 53.8. The average Bonchev–Trinajstić information content (AvgIpc) is 3.43. The SMILES string of the molecule is CS(=O)(=O)c1ccc(Cc2ccccc2C(=O)c2cnoc2C2CC2)c(S(C)(=O)=O)c1. The van der Waals surface area contributed by atoms with Crippen LogP contribution < -0.4 is 0 Å². The number of hydrogen-bond acceptors (Lipinski definition) is 7. The van der Waals surface area contributed by atoms with Crippen LogP contribution in [0.15, 0.2) is 63.0 Å². The molecule has 0 aliphatic heterocycles. The average molecular weight is 460 g/mol. The van der Waals surface area contributed by atoms with Gasteiger partial charge in [-0.05, 0) is 42.5 Å². The molecule has 162 valence electrons. The van der Waals surface area contributed by atoms with Crippen LogP contribution in [0, 0.1) is 0 Å². The zero-order valence-electron chi connectivity index (χ0n) is 17.0. The summed E-state index contributed by atoms with van der Waals surface area (Å²) in [6.45, 7) is 0. The molecule has 31 heavy (non-hydrogen) atoms. The van der Waals surface area contributed by atoms with Gasteiger partial charge in [0.05, 0.1) is 21.6 Å². The molecular formula is C22H21NO6S2. The number of sulfone groups is 2. The minimum atomic E-state index is -3.70. The summed E-state index contributed by atoms with van der Waals surface area (Å²) in [5, 5.41) is 3.79. The molecule has 1 aliphatic carbocycles. The Hall–Kier alpha value is -2.78. The van der Waals surface area contributed by atoms with E-state index in [0.29, 0.717) is 28.0 Å². The second kappa shape index (κ2) is 7.72. The third-order valence-electron chi connectivity index (χ3n) is 5.30. The normalized spacial score (nSPS) is 14.5. The second-order valence-electron chi connectivity index (χ2n) is 7.85. The quantitative estimate of drug-likeness (QED) is 0.499. The van der Waals surface area contributed by atoms with E-state index in [-0.39, 0.29) is 27.9 Å². The van der Waals surface area contributed by atoms with Crippen LogP contribution in [-0.4, -0.2) is 40.3 Å². The van der Waals surface area contributed by atoms with Crippen LogP contribution >= 0.6 is 0 Å². The molecule has 1 aromatic heterocycles. The van der Waals surface area contributed by atoms with Crippen molar-refractivity contribution in [3.63, 3.8) is 0 Å². The van der Waals surface area contributed by atoms with Gasteiger partial charge in [0.25, 0.3) is 0 Å². The van der Waals surface area contributed by atoms with E-state index in [9.17, 15) is 21.6 Å². The first-order valence-corrected chi connectivity index (χ1v) is 13.4. The van der Waals surface area contributed by atoms with Gasteiger partial charge in [-0.15, -0.1) is 0 Å². The number of benzene rings is 2. The molecule has 0 unspecified atom stereocenters. The molecular weight excluding hydrogens is 438 g/mol. The van der Waals surface area contributed by atoms with Gasteiger partial charge in [-0.3, -0.25) is 4.79 Å². The predicted octanol–water partition coefficient (Wildman–Crippen LogP) is 3.18. The fourth-order valence-electron chi connectivity index (χ4n) is 3.56. The maximum atomic E-state index is 13.2. The lowest BCUT2D eigenvalue weighted by Gasteiger charge is -2.13. The van der Waals surface area contributed by atoms with Crippen LogP contribution in [0.4, 0.5) is 0 Å². The van der Waals surface area contributed by atoms with E-state index in [0.717, 1.165) is 25.4 Å². The van der Waals surface area contributed by atoms with E-state index in [1.165, 1.54) is 24.4 Å². The molecule has 0 amide bonds. The van der Waals surface area contributed by atoms with Crippen molar-refractivity contribution in [1.82, 2.24) is 5.16 Å². The van der Waals surface area contributed by atoms with Gasteiger partial charge in [0.2, 0.25) is 0 Å².